The van der Waals surface area contributed by atoms with Gasteiger partial charge in [0, 0.05) is 78.6 Å². The summed E-state index contributed by atoms with van der Waals surface area (Å²) in [7, 11) is -2.79. The maximum absolute atomic E-state index is 14.9. The maximum Gasteiger partial charge on any atom is 0.340 e. The normalized spacial score (nSPS) is 11.2. The van der Waals surface area contributed by atoms with Gasteiger partial charge in [0.15, 0.2) is 11.6 Å². The van der Waals surface area contributed by atoms with Gasteiger partial charge in [-0.2, -0.15) is 8.42 Å². The zero-order valence-electron chi connectivity index (χ0n) is 19.4. The van der Waals surface area contributed by atoms with Crippen LogP contribution in [0.15, 0.2) is 52.1 Å². The molecule has 3 heterocycles. The molecule has 0 aliphatic carbocycles. The minimum atomic E-state index is -3.96. The van der Waals surface area contributed by atoms with E-state index in [1.165, 1.54) is 19.3 Å². The van der Waals surface area contributed by atoms with Crippen molar-refractivity contribution in [2.24, 2.45) is 0 Å². The molecule has 177 valence electrons. The van der Waals surface area contributed by atoms with Crippen molar-refractivity contribution >= 4 is 56.6 Å². The summed E-state index contributed by atoms with van der Waals surface area (Å²) in [6.07, 6.45) is 4.22. The molecule has 4 aromatic rings. The van der Waals surface area contributed by atoms with E-state index in [0.717, 1.165) is 5.56 Å². The predicted octanol–water partition coefficient (Wildman–Crippen LogP) is 2.61. The van der Waals surface area contributed by atoms with Gasteiger partial charge in [-0.25, -0.2) is 28.9 Å². The van der Waals surface area contributed by atoms with Crippen molar-refractivity contribution in [1.82, 2.24) is 19.7 Å². The Morgan fingerprint density at radius 3 is 2.51 bits per heavy atom. The Bertz CT molecular complexity index is 1550. The summed E-state index contributed by atoms with van der Waals surface area (Å²) in [6, 6.07) is 6.56. The van der Waals surface area contributed by atoms with Gasteiger partial charge in [0.1, 0.15) is 11.3 Å². The van der Waals surface area contributed by atoms with Crippen molar-refractivity contribution < 1.29 is 22.0 Å². The molecule has 0 spiro atoms. The summed E-state index contributed by atoms with van der Waals surface area (Å²) in [5, 5.41) is 0.652. The van der Waals surface area contributed by atoms with Crippen LogP contribution in [0.1, 0.15) is 22.3 Å². The topological polar surface area (TPSA) is 136 Å². The van der Waals surface area contributed by atoms with E-state index < -0.39 is 27.5 Å². The molecule has 35 heavy (non-hydrogen) atoms. The number of aromatic nitrogens is 3. The first-order valence-corrected chi connectivity index (χ1v) is 11.5. The number of pyridine rings is 1. The van der Waals surface area contributed by atoms with Crippen LogP contribution in [0.4, 0.5) is 10.2 Å². The predicted molar refractivity (Wildman–Crippen MR) is 128 cm³/mol. The van der Waals surface area contributed by atoms with E-state index in [0.29, 0.717) is 22.3 Å². The molecule has 0 fully saturated rings. The molecule has 13 heteroatoms. The zero-order valence-corrected chi connectivity index (χ0v) is 22.2. The largest absolute Gasteiger partial charge is 0.424 e. The Morgan fingerprint density at radius 1 is 1.11 bits per heavy atom. The van der Waals surface area contributed by atoms with E-state index in [4.69, 9.17) is 9.15 Å². The molecule has 1 radical (unpaired) electrons. The number of anilines is 1. The molecule has 4 rings (SSSR count). The number of fused-ring (bicyclic) bond motifs is 1. The van der Waals surface area contributed by atoms with Gasteiger partial charge >= 0.3 is 11.6 Å². The molecule has 0 amide bonds. The number of rotatable bonds is 7. The number of aryl methyl sites for hydroxylation is 2. The number of nitrogens with one attached hydrogen (secondary N) is 2. The first kappa shape index (κ1) is 26.7. The van der Waals surface area contributed by atoms with Crippen molar-refractivity contribution in [3.8, 4) is 11.8 Å². The summed E-state index contributed by atoms with van der Waals surface area (Å²) in [5.74, 6) is -0.936. The van der Waals surface area contributed by atoms with Crippen LogP contribution < -0.4 is 19.8 Å². The van der Waals surface area contributed by atoms with Crippen LogP contribution in [0.25, 0.3) is 11.0 Å². The third-order valence-corrected chi connectivity index (χ3v) is 6.16. The number of benzene rings is 1. The summed E-state index contributed by atoms with van der Waals surface area (Å²) in [5.41, 5.74) is 1.31. The van der Waals surface area contributed by atoms with Crippen LogP contribution in [-0.4, -0.2) is 60.0 Å². The minimum absolute atomic E-state index is 0. The first-order chi connectivity index (χ1) is 16.2. The number of ether oxygens (including phenoxy) is 1. The van der Waals surface area contributed by atoms with Crippen LogP contribution in [0.2, 0.25) is 0 Å². The Balaban J connectivity index is 0.00000342. The standard InChI is InChI=1S/C22H20FN5O5S.Na/c1-12-9-15-13(2)16(10-14-5-8-25-20(19(14)23)28-34(30,31)24-3)21(29)32-18(15)11-17(12)33-22-26-6-4-7-27-22;/h4-9,11,24H,10H2,1-3H3,(H,25,28);. The quantitative estimate of drug-likeness (QED) is 0.287. The summed E-state index contributed by atoms with van der Waals surface area (Å²) < 4.78 is 53.6. The Hall–Kier alpha value is -2.90. The smallest absolute Gasteiger partial charge is 0.340 e. The van der Waals surface area contributed by atoms with E-state index in [-0.39, 0.29) is 53.1 Å². The van der Waals surface area contributed by atoms with Crippen LogP contribution in [0, 0.1) is 19.7 Å². The second kappa shape index (κ2) is 10.8. The van der Waals surface area contributed by atoms with Gasteiger partial charge in [-0.05, 0) is 48.7 Å². The van der Waals surface area contributed by atoms with Gasteiger partial charge in [0.25, 0.3) is 10.2 Å². The van der Waals surface area contributed by atoms with Crippen LogP contribution in [0.5, 0.6) is 11.8 Å². The maximum atomic E-state index is 14.9. The van der Waals surface area contributed by atoms with Crippen LogP contribution in [-0.2, 0) is 16.6 Å². The fourth-order valence-corrected chi connectivity index (χ4v) is 3.83. The average Bonchev–Trinajstić information content (AvgIpc) is 2.81. The number of hydrogen-bond acceptors (Lipinski definition) is 8. The van der Waals surface area contributed by atoms with Gasteiger partial charge in [0.05, 0.1) is 0 Å². The minimum Gasteiger partial charge on any atom is -0.424 e. The summed E-state index contributed by atoms with van der Waals surface area (Å²) >= 11 is 0. The van der Waals surface area contributed by atoms with Gasteiger partial charge in [-0.15, -0.1) is 0 Å². The molecule has 0 aliphatic rings. The van der Waals surface area contributed by atoms with Crippen LogP contribution in [0.3, 0.4) is 0 Å². The third kappa shape index (κ3) is 5.85. The molecule has 0 bridgehead atoms. The van der Waals surface area contributed by atoms with Gasteiger partial charge in [-0.1, -0.05) is 0 Å². The first-order valence-electron chi connectivity index (χ1n) is 10.0. The Kier molecular flexibility index (Phi) is 8.23. The van der Waals surface area contributed by atoms with E-state index in [2.05, 4.69) is 15.0 Å². The van der Waals surface area contributed by atoms with Gasteiger partial charge in [0.2, 0.25) is 0 Å². The molecule has 10 nitrogen and oxygen atoms in total. The fourth-order valence-electron chi connectivity index (χ4n) is 3.34. The molecule has 0 saturated carbocycles. The van der Waals surface area contributed by atoms with Crippen molar-refractivity contribution in [2.75, 3.05) is 11.8 Å². The molecule has 1 aromatic carbocycles. The summed E-state index contributed by atoms with van der Waals surface area (Å²) in [6.45, 7) is 3.56. The van der Waals surface area contributed by atoms with Crippen molar-refractivity contribution in [3.63, 3.8) is 0 Å². The molecule has 0 saturated heterocycles. The Morgan fingerprint density at radius 2 is 1.83 bits per heavy atom. The van der Waals surface area contributed by atoms with E-state index in [1.54, 1.807) is 37.5 Å². The van der Waals surface area contributed by atoms with Gasteiger partial charge < -0.3 is 9.15 Å². The second-order valence-electron chi connectivity index (χ2n) is 7.36. The molecule has 0 aliphatic heterocycles. The molecular weight excluding hydrogens is 488 g/mol. The summed E-state index contributed by atoms with van der Waals surface area (Å²) in [4.78, 5) is 24.6. The van der Waals surface area contributed by atoms with Crippen molar-refractivity contribution in [2.45, 2.75) is 20.3 Å². The molecule has 0 unspecified atom stereocenters. The fraction of sp³-hybridized carbons (Fsp3) is 0.182. The van der Waals surface area contributed by atoms with Crippen molar-refractivity contribution in [1.29, 1.82) is 0 Å². The average molecular weight is 508 g/mol. The van der Waals surface area contributed by atoms with Crippen molar-refractivity contribution in [3.05, 3.63) is 81.3 Å². The van der Waals surface area contributed by atoms with Gasteiger partial charge in [-0.3, -0.25) is 4.72 Å². The number of nitrogens with zero attached hydrogens (tertiary/aromatic N) is 3. The monoisotopic (exact) mass is 508 g/mol. The van der Waals surface area contributed by atoms with Crippen LogP contribution >= 0.6 is 0 Å². The molecular formula is C22H20FN5NaO5S. The third-order valence-electron chi connectivity index (χ3n) is 5.16. The molecule has 2 N–H and O–H groups in total. The number of hydrogen-bond donors (Lipinski definition) is 2. The second-order valence-corrected chi connectivity index (χ2v) is 8.98. The van der Waals surface area contributed by atoms with E-state index in [9.17, 15) is 17.6 Å². The molecule has 3 aromatic heterocycles. The zero-order chi connectivity index (χ0) is 24.5. The SMILES string of the molecule is CNS(=O)(=O)Nc1nccc(Cc2c(C)c3cc(C)c(Oc4ncccn4)cc3oc2=O)c1F.[Na]. The van der Waals surface area contributed by atoms with E-state index in [1.807, 2.05) is 16.4 Å². The van der Waals surface area contributed by atoms with E-state index >= 15 is 0 Å². The molecule has 0 atom stereocenters. The number of halogens is 1. The Labute approximate surface area is 222 Å².